The maximum atomic E-state index is 10.7. The summed E-state index contributed by atoms with van der Waals surface area (Å²) in [5.41, 5.74) is 0. The Labute approximate surface area is 64.1 Å². The fraction of sp³-hybridized carbons (Fsp3) is 0.667. The maximum Gasteiger partial charge on any atom is 0.318 e. The molecule has 0 bridgehead atoms. The van der Waals surface area contributed by atoms with E-state index in [4.69, 9.17) is 0 Å². The van der Waals surface area contributed by atoms with Crippen LogP contribution in [0.2, 0.25) is 0 Å². The monoisotopic (exact) mass is 162 g/mol. The molecule has 0 aromatic heterocycles. The SMILES string of the molecule is COC(=O)[C@H](C)SC(C)=O. The summed E-state index contributed by atoms with van der Waals surface area (Å²) >= 11 is 0.974. The lowest BCUT2D eigenvalue weighted by molar-refractivity contribution is -0.139. The minimum atomic E-state index is -0.387. The van der Waals surface area contributed by atoms with Crippen LogP contribution in [0.15, 0.2) is 0 Å². The van der Waals surface area contributed by atoms with Gasteiger partial charge in [-0.2, -0.15) is 0 Å². The van der Waals surface area contributed by atoms with Crippen LogP contribution < -0.4 is 0 Å². The molecule has 1 atom stereocenters. The van der Waals surface area contributed by atoms with Crippen molar-refractivity contribution >= 4 is 22.8 Å². The molecule has 0 heterocycles. The molecule has 0 aromatic rings. The Morgan fingerprint density at radius 1 is 1.50 bits per heavy atom. The van der Waals surface area contributed by atoms with Gasteiger partial charge in [0.25, 0.3) is 0 Å². The molecule has 0 fully saturated rings. The molecule has 0 radical (unpaired) electrons. The number of methoxy groups -OCH3 is 1. The predicted octanol–water partition coefficient (Wildman–Crippen LogP) is 0.828. The van der Waals surface area contributed by atoms with Crippen molar-refractivity contribution in [2.75, 3.05) is 7.11 Å². The smallest absolute Gasteiger partial charge is 0.318 e. The van der Waals surface area contributed by atoms with Crippen LogP contribution in [0, 0.1) is 0 Å². The molecule has 0 unspecified atom stereocenters. The van der Waals surface area contributed by atoms with Crippen LogP contribution in [0.1, 0.15) is 13.8 Å². The highest BCUT2D eigenvalue weighted by Gasteiger charge is 2.14. The summed E-state index contributed by atoms with van der Waals surface area (Å²) < 4.78 is 4.40. The molecule has 0 saturated heterocycles. The minimum absolute atomic E-state index is 0.0714. The van der Waals surface area contributed by atoms with E-state index in [9.17, 15) is 9.59 Å². The zero-order valence-corrected chi connectivity index (χ0v) is 7.03. The van der Waals surface area contributed by atoms with E-state index in [1.165, 1.54) is 14.0 Å². The molecule has 0 N–H and O–H groups in total. The van der Waals surface area contributed by atoms with Crippen molar-refractivity contribution in [3.8, 4) is 0 Å². The van der Waals surface area contributed by atoms with Crippen molar-refractivity contribution in [1.29, 1.82) is 0 Å². The van der Waals surface area contributed by atoms with E-state index in [0.29, 0.717) is 0 Å². The Bertz CT molecular complexity index is 144. The number of hydrogen-bond donors (Lipinski definition) is 0. The molecule has 0 aromatic carbocycles. The highest BCUT2D eigenvalue weighted by molar-refractivity contribution is 8.14. The van der Waals surface area contributed by atoms with Gasteiger partial charge in [-0.15, -0.1) is 0 Å². The third-order valence-corrected chi connectivity index (χ3v) is 1.75. The molecule has 0 spiro atoms. The molecule has 0 aliphatic heterocycles. The predicted molar refractivity (Wildman–Crippen MR) is 39.8 cm³/mol. The molecule has 58 valence electrons. The average Bonchev–Trinajstić information content (AvgIpc) is 1.85. The second-order valence-electron chi connectivity index (χ2n) is 1.77. The Morgan fingerprint density at radius 3 is 2.30 bits per heavy atom. The van der Waals surface area contributed by atoms with Crippen LogP contribution >= 0.6 is 11.8 Å². The minimum Gasteiger partial charge on any atom is -0.468 e. The van der Waals surface area contributed by atoms with Gasteiger partial charge < -0.3 is 4.74 Å². The highest BCUT2D eigenvalue weighted by atomic mass is 32.2. The number of ether oxygens (including phenoxy) is 1. The van der Waals surface area contributed by atoms with Crippen molar-refractivity contribution in [2.24, 2.45) is 0 Å². The number of carbonyl (C=O) groups excluding carboxylic acids is 2. The van der Waals surface area contributed by atoms with E-state index in [1.54, 1.807) is 6.92 Å². The van der Waals surface area contributed by atoms with Gasteiger partial charge >= 0.3 is 5.97 Å². The third-order valence-electron chi connectivity index (χ3n) is 0.876. The van der Waals surface area contributed by atoms with E-state index in [2.05, 4.69) is 4.74 Å². The fourth-order valence-electron chi connectivity index (χ4n) is 0.463. The average molecular weight is 162 g/mol. The van der Waals surface area contributed by atoms with Gasteiger partial charge in [0.1, 0.15) is 5.25 Å². The van der Waals surface area contributed by atoms with E-state index < -0.39 is 0 Å². The van der Waals surface area contributed by atoms with Gasteiger partial charge in [-0.25, -0.2) is 0 Å². The van der Waals surface area contributed by atoms with Crippen molar-refractivity contribution in [3.05, 3.63) is 0 Å². The number of carbonyl (C=O) groups is 2. The van der Waals surface area contributed by atoms with E-state index in [0.717, 1.165) is 11.8 Å². The number of thioether (sulfide) groups is 1. The van der Waals surface area contributed by atoms with Crippen LogP contribution in [-0.4, -0.2) is 23.4 Å². The van der Waals surface area contributed by atoms with Crippen LogP contribution in [0.5, 0.6) is 0 Å². The molecule has 3 nitrogen and oxygen atoms in total. The van der Waals surface area contributed by atoms with Crippen LogP contribution in [-0.2, 0) is 14.3 Å². The first kappa shape index (κ1) is 9.49. The summed E-state index contributed by atoms with van der Waals surface area (Å²) in [7, 11) is 1.31. The van der Waals surface area contributed by atoms with E-state index in [1.807, 2.05) is 0 Å². The molecule has 0 amide bonds. The Hall–Kier alpha value is -0.510. The van der Waals surface area contributed by atoms with Gasteiger partial charge in [0.15, 0.2) is 5.12 Å². The van der Waals surface area contributed by atoms with Crippen LogP contribution in [0.25, 0.3) is 0 Å². The van der Waals surface area contributed by atoms with Crippen LogP contribution in [0.3, 0.4) is 0 Å². The summed E-state index contributed by atoms with van der Waals surface area (Å²) in [4.78, 5) is 21.1. The van der Waals surface area contributed by atoms with Crippen molar-refractivity contribution in [2.45, 2.75) is 19.1 Å². The number of hydrogen-bond acceptors (Lipinski definition) is 4. The van der Waals surface area contributed by atoms with Crippen LogP contribution in [0.4, 0.5) is 0 Å². The molecule has 0 rings (SSSR count). The first-order valence-corrected chi connectivity index (χ1v) is 3.71. The molecule has 0 aliphatic rings. The molecule has 4 heteroatoms. The summed E-state index contributed by atoms with van der Waals surface area (Å²) in [5.74, 6) is -0.361. The van der Waals surface area contributed by atoms with Gasteiger partial charge in [0.05, 0.1) is 7.11 Å². The third kappa shape index (κ3) is 3.50. The van der Waals surface area contributed by atoms with Crippen molar-refractivity contribution in [1.82, 2.24) is 0 Å². The summed E-state index contributed by atoms with van der Waals surface area (Å²) in [6.07, 6.45) is 0. The molecule has 0 aliphatic carbocycles. The lowest BCUT2D eigenvalue weighted by Gasteiger charge is -2.04. The number of rotatable bonds is 2. The molecular weight excluding hydrogens is 152 g/mol. The van der Waals surface area contributed by atoms with Crippen molar-refractivity contribution < 1.29 is 14.3 Å². The fourth-order valence-corrected chi connectivity index (χ4v) is 1.15. The Morgan fingerprint density at radius 2 is 2.00 bits per heavy atom. The molecular formula is C6H10O3S. The van der Waals surface area contributed by atoms with E-state index in [-0.39, 0.29) is 16.3 Å². The van der Waals surface area contributed by atoms with Crippen molar-refractivity contribution in [3.63, 3.8) is 0 Å². The van der Waals surface area contributed by atoms with Gasteiger partial charge in [-0.05, 0) is 6.92 Å². The zero-order chi connectivity index (χ0) is 8.15. The lowest BCUT2D eigenvalue weighted by atomic mass is 10.5. The Balaban J connectivity index is 3.72. The van der Waals surface area contributed by atoms with Gasteiger partial charge in [0.2, 0.25) is 0 Å². The quantitative estimate of drug-likeness (QED) is 0.564. The Kier molecular flexibility index (Phi) is 4.11. The first-order valence-electron chi connectivity index (χ1n) is 2.83. The number of esters is 1. The van der Waals surface area contributed by atoms with E-state index >= 15 is 0 Å². The topological polar surface area (TPSA) is 43.4 Å². The largest absolute Gasteiger partial charge is 0.468 e. The maximum absolute atomic E-state index is 10.7. The molecule has 0 saturated carbocycles. The van der Waals surface area contributed by atoms with Gasteiger partial charge in [-0.3, -0.25) is 9.59 Å². The lowest BCUT2D eigenvalue weighted by Crippen LogP contribution is -2.15. The highest BCUT2D eigenvalue weighted by Crippen LogP contribution is 2.11. The standard InChI is InChI=1S/C6H10O3S/c1-4(6(8)9-3)10-5(2)7/h4H,1-3H3/t4-/m0/s1. The van der Waals surface area contributed by atoms with Gasteiger partial charge in [0, 0.05) is 6.92 Å². The first-order chi connectivity index (χ1) is 4.57. The second kappa shape index (κ2) is 4.33. The zero-order valence-electron chi connectivity index (χ0n) is 6.21. The summed E-state index contributed by atoms with van der Waals surface area (Å²) in [5, 5.41) is -0.458. The summed E-state index contributed by atoms with van der Waals surface area (Å²) in [6.45, 7) is 3.06. The van der Waals surface area contributed by atoms with Gasteiger partial charge in [-0.1, -0.05) is 11.8 Å². The summed E-state index contributed by atoms with van der Waals surface area (Å²) in [6, 6.07) is 0. The second-order valence-corrected chi connectivity index (χ2v) is 3.29. The molecule has 10 heavy (non-hydrogen) atoms. The normalized spacial score (nSPS) is 12.3.